The Morgan fingerprint density at radius 1 is 1.13 bits per heavy atom. The minimum atomic E-state index is -0.232. The lowest BCUT2D eigenvalue weighted by Crippen LogP contribution is -2.35. The average Bonchev–Trinajstić information content (AvgIpc) is 3.61. The maximum atomic E-state index is 14.2. The molecule has 0 radical (unpaired) electrons. The van der Waals surface area contributed by atoms with E-state index in [1.807, 2.05) is 54.8 Å². The summed E-state index contributed by atoms with van der Waals surface area (Å²) in [5, 5.41) is 3.31. The van der Waals surface area contributed by atoms with Crippen molar-refractivity contribution in [1.82, 2.24) is 19.4 Å². The molecule has 10 nitrogen and oxygen atoms in total. The van der Waals surface area contributed by atoms with Crippen LogP contribution in [-0.4, -0.2) is 70.4 Å². The van der Waals surface area contributed by atoms with Crippen LogP contribution in [0.1, 0.15) is 80.5 Å². The highest BCUT2D eigenvalue weighted by atomic mass is 35.5. The van der Waals surface area contributed by atoms with Gasteiger partial charge in [-0.15, -0.1) is 0 Å². The first-order valence-electron chi connectivity index (χ1n) is 16.1. The van der Waals surface area contributed by atoms with E-state index in [-0.39, 0.29) is 24.1 Å². The molecule has 1 saturated carbocycles. The Labute approximate surface area is 270 Å². The average molecular weight is 638 g/mol. The molecule has 3 aromatic rings. The van der Waals surface area contributed by atoms with Gasteiger partial charge in [0.25, 0.3) is 5.91 Å². The Balaban J connectivity index is 1.45. The zero-order valence-electron chi connectivity index (χ0n) is 26.5. The van der Waals surface area contributed by atoms with E-state index < -0.39 is 0 Å². The molecule has 2 aliphatic rings. The van der Waals surface area contributed by atoms with Crippen LogP contribution in [0.15, 0.2) is 36.4 Å². The van der Waals surface area contributed by atoms with E-state index in [9.17, 15) is 9.59 Å². The molecule has 3 heterocycles. The lowest BCUT2D eigenvalue weighted by atomic mass is 10.1. The van der Waals surface area contributed by atoms with E-state index in [4.69, 9.17) is 35.8 Å². The van der Waals surface area contributed by atoms with Gasteiger partial charge in [0.15, 0.2) is 17.8 Å². The predicted octanol–water partition coefficient (Wildman–Crippen LogP) is 6.49. The molecule has 11 heteroatoms. The number of hydrogen-bond acceptors (Lipinski definition) is 7. The summed E-state index contributed by atoms with van der Waals surface area (Å²) in [6.45, 7) is 8.56. The van der Waals surface area contributed by atoms with Crippen molar-refractivity contribution in [2.45, 2.75) is 84.7 Å². The van der Waals surface area contributed by atoms with Crippen molar-refractivity contribution in [3.63, 3.8) is 0 Å². The third-order valence-electron chi connectivity index (χ3n) is 8.66. The van der Waals surface area contributed by atoms with Crippen molar-refractivity contribution in [1.29, 1.82) is 0 Å². The fraction of sp³-hybridized carbons (Fsp3) is 0.529. The molecular formula is C34H44ClN5O5. The number of halogens is 1. The molecular weight excluding hydrogens is 594 g/mol. The van der Waals surface area contributed by atoms with Gasteiger partial charge in [-0.1, -0.05) is 30.7 Å². The topological polar surface area (TPSA) is 108 Å². The van der Waals surface area contributed by atoms with Crippen molar-refractivity contribution in [2.75, 3.05) is 31.6 Å². The van der Waals surface area contributed by atoms with Gasteiger partial charge in [0.2, 0.25) is 12.3 Å². The quantitative estimate of drug-likeness (QED) is 0.159. The highest BCUT2D eigenvalue weighted by Crippen LogP contribution is 2.33. The summed E-state index contributed by atoms with van der Waals surface area (Å²) in [6.07, 6.45) is 7.58. The number of hydrogen-bond donors (Lipinski definition) is 1. The third kappa shape index (κ3) is 8.23. The number of ether oxygens (including phenoxy) is 3. The van der Waals surface area contributed by atoms with Crippen LogP contribution in [-0.2, 0) is 20.8 Å². The second-order valence-electron chi connectivity index (χ2n) is 11.9. The van der Waals surface area contributed by atoms with Crippen LogP contribution < -0.4 is 10.1 Å². The Bertz CT molecular complexity index is 1440. The summed E-state index contributed by atoms with van der Waals surface area (Å²) in [5.41, 5.74) is 2.68. The second-order valence-corrected chi connectivity index (χ2v) is 12.3. The van der Waals surface area contributed by atoms with E-state index in [0.29, 0.717) is 73.1 Å². The van der Waals surface area contributed by atoms with Gasteiger partial charge in [0.05, 0.1) is 12.3 Å². The molecule has 2 unspecified atom stereocenters. The molecule has 45 heavy (non-hydrogen) atoms. The van der Waals surface area contributed by atoms with Crippen molar-refractivity contribution in [2.24, 2.45) is 5.92 Å². The summed E-state index contributed by atoms with van der Waals surface area (Å²) in [6, 6.07) is 11.3. The first kappa shape index (κ1) is 32.9. The molecule has 2 fully saturated rings. The van der Waals surface area contributed by atoms with Gasteiger partial charge in [0.1, 0.15) is 11.9 Å². The standard InChI is InChI=1S/C34H44ClN5O5/c1-4-39(18-8-20-44-30-11-5-6-19-43-30)34(42)31-32(36-22-41)38-33(40(31)21-25-12-14-26(35)15-13-25)27-16-17-29(37-24(27)3)45-28-10-7-9-23(28)2/h12-17,22-23,28,30H,4-11,18-21H2,1-3H3,(H,36,41)/t23-,28?,30?/m0/s1. The van der Waals surface area contributed by atoms with Crippen LogP contribution in [0.3, 0.4) is 0 Å². The summed E-state index contributed by atoms with van der Waals surface area (Å²) < 4.78 is 19.7. The van der Waals surface area contributed by atoms with Crippen LogP contribution in [0, 0.1) is 12.8 Å². The zero-order chi connectivity index (χ0) is 31.8. The SMILES string of the molecule is CCN(CCCOC1CCCCO1)C(=O)c1c(NC=O)nc(-c2ccc(OC3CCC[C@@H]3C)nc2C)n1Cc1ccc(Cl)cc1. The van der Waals surface area contributed by atoms with Crippen molar-refractivity contribution < 1.29 is 23.8 Å². The van der Waals surface area contributed by atoms with Crippen LogP contribution in [0.5, 0.6) is 5.88 Å². The molecule has 1 aromatic carbocycles. The molecule has 1 N–H and O–H groups in total. The lowest BCUT2D eigenvalue weighted by molar-refractivity contribution is -0.162. The number of imidazole rings is 1. The Morgan fingerprint density at radius 3 is 2.62 bits per heavy atom. The molecule has 5 rings (SSSR count). The molecule has 0 spiro atoms. The highest BCUT2D eigenvalue weighted by Gasteiger charge is 2.29. The second kappa shape index (κ2) is 15.7. The number of nitrogens with one attached hydrogen (secondary N) is 1. The van der Waals surface area contributed by atoms with Gasteiger partial charge in [-0.2, -0.15) is 0 Å². The van der Waals surface area contributed by atoms with E-state index in [0.717, 1.165) is 56.3 Å². The van der Waals surface area contributed by atoms with Gasteiger partial charge in [-0.3, -0.25) is 9.59 Å². The lowest BCUT2D eigenvalue weighted by Gasteiger charge is -2.25. The largest absolute Gasteiger partial charge is 0.474 e. The Kier molecular flexibility index (Phi) is 11.5. The number of nitrogens with zero attached hydrogens (tertiary/aromatic N) is 4. The van der Waals surface area contributed by atoms with E-state index in [1.54, 1.807) is 4.90 Å². The maximum Gasteiger partial charge on any atom is 0.274 e. The summed E-state index contributed by atoms with van der Waals surface area (Å²) >= 11 is 6.18. The van der Waals surface area contributed by atoms with Crippen LogP contribution >= 0.6 is 11.6 Å². The monoisotopic (exact) mass is 637 g/mol. The fourth-order valence-corrected chi connectivity index (χ4v) is 6.23. The van der Waals surface area contributed by atoms with E-state index in [2.05, 4.69) is 12.2 Å². The summed E-state index contributed by atoms with van der Waals surface area (Å²) in [7, 11) is 0. The van der Waals surface area contributed by atoms with Crippen molar-refractivity contribution in [3.8, 4) is 17.3 Å². The number of amides is 2. The fourth-order valence-electron chi connectivity index (χ4n) is 6.11. The molecule has 2 aromatic heterocycles. The van der Waals surface area contributed by atoms with Crippen LogP contribution in [0.4, 0.5) is 5.82 Å². The molecule has 3 atom stereocenters. The first-order valence-corrected chi connectivity index (χ1v) is 16.5. The third-order valence-corrected chi connectivity index (χ3v) is 8.91. The highest BCUT2D eigenvalue weighted by molar-refractivity contribution is 6.30. The molecule has 1 aliphatic heterocycles. The number of rotatable bonds is 14. The smallest absolute Gasteiger partial charge is 0.274 e. The Hall–Kier alpha value is -3.47. The number of carbonyl (C=O) groups is 2. The molecule has 0 bridgehead atoms. The number of carbonyl (C=O) groups excluding carboxylic acids is 2. The van der Waals surface area contributed by atoms with Gasteiger partial charge in [0, 0.05) is 42.9 Å². The number of aryl methyl sites for hydroxylation is 1. The molecule has 1 aliphatic carbocycles. The minimum Gasteiger partial charge on any atom is -0.474 e. The van der Waals surface area contributed by atoms with E-state index >= 15 is 0 Å². The molecule has 242 valence electrons. The number of anilines is 1. The van der Waals surface area contributed by atoms with Gasteiger partial charge < -0.3 is 29.0 Å². The predicted molar refractivity (Wildman–Crippen MR) is 174 cm³/mol. The normalized spacial score (nSPS) is 19.8. The molecule has 2 amide bonds. The van der Waals surface area contributed by atoms with Gasteiger partial charge in [-0.25, -0.2) is 9.97 Å². The first-order chi connectivity index (χ1) is 21.9. The van der Waals surface area contributed by atoms with Crippen molar-refractivity contribution in [3.05, 3.63) is 58.4 Å². The maximum absolute atomic E-state index is 14.2. The number of pyridine rings is 1. The van der Waals surface area contributed by atoms with E-state index in [1.165, 1.54) is 0 Å². The molecule has 1 saturated heterocycles. The zero-order valence-corrected chi connectivity index (χ0v) is 27.2. The van der Waals surface area contributed by atoms with Crippen LogP contribution in [0.2, 0.25) is 5.02 Å². The van der Waals surface area contributed by atoms with Gasteiger partial charge >= 0.3 is 0 Å². The summed E-state index contributed by atoms with van der Waals surface area (Å²) in [5.74, 6) is 1.56. The van der Waals surface area contributed by atoms with Gasteiger partial charge in [-0.05, 0) is 88.5 Å². The number of aromatic nitrogens is 3. The minimum absolute atomic E-state index is 0.155. The van der Waals surface area contributed by atoms with Crippen molar-refractivity contribution >= 4 is 29.7 Å². The Morgan fingerprint density at radius 2 is 1.96 bits per heavy atom. The summed E-state index contributed by atoms with van der Waals surface area (Å²) in [4.78, 5) is 37.3. The number of benzene rings is 1. The van der Waals surface area contributed by atoms with Crippen LogP contribution in [0.25, 0.3) is 11.4 Å².